The smallest absolute Gasteiger partial charge is 0.187 e. The maximum Gasteiger partial charge on any atom is 0.187 e. The molecule has 0 aliphatic rings. The zero-order chi connectivity index (χ0) is 14.4. The highest BCUT2D eigenvalue weighted by molar-refractivity contribution is 7.96. The number of thiol groups is 1. The van der Waals surface area contributed by atoms with Gasteiger partial charge in [-0.3, -0.25) is 4.79 Å². The van der Waals surface area contributed by atoms with Gasteiger partial charge in [-0.05, 0) is 17.5 Å². The minimum atomic E-state index is -0.386. The number of hydrogen-bond acceptors (Lipinski definition) is 1. The second kappa shape index (κ2) is 6.58. The summed E-state index contributed by atoms with van der Waals surface area (Å²) < 4.78 is 0. The van der Waals surface area contributed by atoms with Crippen molar-refractivity contribution in [3.63, 3.8) is 0 Å². The van der Waals surface area contributed by atoms with Crippen molar-refractivity contribution >= 4 is 17.7 Å². The molecule has 0 heterocycles. The van der Waals surface area contributed by atoms with Crippen LogP contribution in [0.2, 0.25) is 0 Å². The third kappa shape index (κ3) is 3.02. The van der Waals surface area contributed by atoms with Gasteiger partial charge in [0.15, 0.2) is 5.12 Å². The summed E-state index contributed by atoms with van der Waals surface area (Å²) in [4.78, 5) is 11.7. The van der Waals surface area contributed by atoms with Crippen molar-refractivity contribution in [2.45, 2.75) is 18.3 Å². The van der Waals surface area contributed by atoms with Gasteiger partial charge in [-0.25, -0.2) is 0 Å². The molecule has 0 amide bonds. The summed E-state index contributed by atoms with van der Waals surface area (Å²) >= 11 is 4.01. The molecule has 0 saturated carbocycles. The Morgan fingerprint density at radius 2 is 1.45 bits per heavy atom. The van der Waals surface area contributed by atoms with E-state index in [1.54, 1.807) is 0 Å². The van der Waals surface area contributed by atoms with Crippen LogP contribution in [0.15, 0.2) is 73.3 Å². The lowest BCUT2D eigenvalue weighted by Crippen LogP contribution is -2.29. The molecule has 0 fully saturated rings. The van der Waals surface area contributed by atoms with Gasteiger partial charge in [0.2, 0.25) is 0 Å². The molecule has 2 aromatic carbocycles. The summed E-state index contributed by atoms with van der Waals surface area (Å²) in [7, 11) is 0. The van der Waals surface area contributed by atoms with Gasteiger partial charge in [0, 0.05) is 11.8 Å². The Labute approximate surface area is 125 Å². The number of benzene rings is 2. The Morgan fingerprint density at radius 3 is 1.80 bits per heavy atom. The zero-order valence-corrected chi connectivity index (χ0v) is 12.2. The average Bonchev–Trinajstić information content (AvgIpc) is 2.48. The first-order chi connectivity index (χ1) is 9.69. The molecule has 0 aromatic heterocycles. The number of allylic oxidation sites excluding steroid dienone is 1. The van der Waals surface area contributed by atoms with Crippen LogP contribution in [-0.2, 0) is 10.2 Å². The normalized spacial score (nSPS) is 11.1. The van der Waals surface area contributed by atoms with Crippen LogP contribution in [0.3, 0.4) is 0 Å². The minimum absolute atomic E-state index is 0.112. The maximum atomic E-state index is 11.7. The summed E-state index contributed by atoms with van der Waals surface area (Å²) in [6.07, 6.45) is 2.93. The first-order valence-electron chi connectivity index (χ1n) is 6.63. The fraction of sp³-hybridized carbons (Fsp3) is 0.167. The third-order valence-electron chi connectivity index (χ3n) is 3.60. The Kier molecular flexibility index (Phi) is 4.80. The number of carbonyl (C=O) groups is 1. The zero-order valence-electron chi connectivity index (χ0n) is 11.3. The van der Waals surface area contributed by atoms with E-state index in [-0.39, 0.29) is 10.5 Å². The molecule has 20 heavy (non-hydrogen) atoms. The topological polar surface area (TPSA) is 17.1 Å². The van der Waals surface area contributed by atoms with Crippen LogP contribution in [-0.4, -0.2) is 5.12 Å². The summed E-state index contributed by atoms with van der Waals surface area (Å²) in [5.74, 6) is 0. The van der Waals surface area contributed by atoms with Crippen LogP contribution in [0.5, 0.6) is 0 Å². The molecule has 0 saturated heterocycles. The Bertz CT molecular complexity index is 535. The van der Waals surface area contributed by atoms with E-state index in [1.807, 2.05) is 42.5 Å². The minimum Gasteiger partial charge on any atom is -0.287 e. The largest absolute Gasteiger partial charge is 0.287 e. The van der Waals surface area contributed by atoms with E-state index >= 15 is 0 Å². The number of rotatable bonds is 6. The number of carbonyl (C=O) groups excluding carboxylic acids is 1. The molecule has 0 unspecified atom stereocenters. The van der Waals surface area contributed by atoms with Crippen LogP contribution in [0, 0.1) is 0 Å². The second-order valence-corrected chi connectivity index (χ2v) is 5.38. The van der Waals surface area contributed by atoms with Crippen LogP contribution >= 0.6 is 12.6 Å². The lowest BCUT2D eigenvalue weighted by Gasteiger charge is -2.33. The SMILES string of the molecule is C=CCC(CC(=O)S)(c1ccccc1)c1ccccc1. The fourth-order valence-corrected chi connectivity index (χ4v) is 2.97. The molecule has 0 spiro atoms. The van der Waals surface area contributed by atoms with Crippen LogP contribution < -0.4 is 0 Å². The van der Waals surface area contributed by atoms with Gasteiger partial charge in [0.1, 0.15) is 0 Å². The molecular weight excluding hydrogens is 264 g/mol. The molecule has 0 radical (unpaired) electrons. The summed E-state index contributed by atoms with van der Waals surface area (Å²) in [6, 6.07) is 20.2. The highest BCUT2D eigenvalue weighted by atomic mass is 32.1. The fourth-order valence-electron chi connectivity index (χ4n) is 2.70. The van der Waals surface area contributed by atoms with E-state index < -0.39 is 0 Å². The van der Waals surface area contributed by atoms with Gasteiger partial charge >= 0.3 is 0 Å². The molecule has 0 aliphatic heterocycles. The van der Waals surface area contributed by atoms with Crippen molar-refractivity contribution in [2.75, 3.05) is 0 Å². The molecule has 102 valence electrons. The highest BCUT2D eigenvalue weighted by Crippen LogP contribution is 2.39. The van der Waals surface area contributed by atoms with Gasteiger partial charge < -0.3 is 0 Å². The number of hydrogen-bond donors (Lipinski definition) is 1. The molecule has 0 atom stereocenters. The predicted molar refractivity (Wildman–Crippen MR) is 87.1 cm³/mol. The van der Waals surface area contributed by atoms with Gasteiger partial charge in [-0.1, -0.05) is 66.7 Å². The van der Waals surface area contributed by atoms with Crippen molar-refractivity contribution in [3.8, 4) is 0 Å². The second-order valence-electron chi connectivity index (χ2n) is 4.88. The monoisotopic (exact) mass is 282 g/mol. The first-order valence-corrected chi connectivity index (χ1v) is 7.07. The summed E-state index contributed by atoms with van der Waals surface area (Å²) in [6.45, 7) is 3.87. The average molecular weight is 282 g/mol. The van der Waals surface area contributed by atoms with E-state index in [4.69, 9.17) is 0 Å². The standard InChI is InChI=1S/C18H18OS/c1-2-13-18(14-17(19)20,15-9-5-3-6-10-15)16-11-7-4-8-12-16/h2-12H,1,13-14H2,(H,19,20). The van der Waals surface area contributed by atoms with E-state index in [9.17, 15) is 4.79 Å². The lowest BCUT2D eigenvalue weighted by atomic mass is 9.70. The van der Waals surface area contributed by atoms with Gasteiger partial charge in [0.05, 0.1) is 0 Å². The van der Waals surface area contributed by atoms with Crippen molar-refractivity contribution in [1.29, 1.82) is 0 Å². The van der Waals surface area contributed by atoms with Crippen molar-refractivity contribution < 1.29 is 4.79 Å². The Hall–Kier alpha value is -1.80. The van der Waals surface area contributed by atoms with Crippen molar-refractivity contribution in [2.24, 2.45) is 0 Å². The summed E-state index contributed by atoms with van der Waals surface area (Å²) in [5, 5.41) is -0.112. The van der Waals surface area contributed by atoms with Gasteiger partial charge in [-0.15, -0.1) is 19.2 Å². The molecule has 0 bridgehead atoms. The molecule has 2 rings (SSSR count). The maximum absolute atomic E-state index is 11.7. The quantitative estimate of drug-likeness (QED) is 0.614. The van der Waals surface area contributed by atoms with Crippen molar-refractivity contribution in [3.05, 3.63) is 84.4 Å². The Morgan fingerprint density at radius 1 is 1.00 bits per heavy atom. The van der Waals surface area contributed by atoms with Gasteiger partial charge in [-0.2, -0.15) is 0 Å². The van der Waals surface area contributed by atoms with E-state index in [0.29, 0.717) is 12.8 Å². The van der Waals surface area contributed by atoms with E-state index in [2.05, 4.69) is 43.5 Å². The molecule has 0 aliphatic carbocycles. The van der Waals surface area contributed by atoms with E-state index in [0.717, 1.165) is 11.1 Å². The first kappa shape index (κ1) is 14.6. The van der Waals surface area contributed by atoms with Crippen LogP contribution in [0.4, 0.5) is 0 Å². The van der Waals surface area contributed by atoms with Crippen molar-refractivity contribution in [1.82, 2.24) is 0 Å². The lowest BCUT2D eigenvalue weighted by molar-refractivity contribution is -0.111. The van der Waals surface area contributed by atoms with Crippen LogP contribution in [0.1, 0.15) is 24.0 Å². The van der Waals surface area contributed by atoms with Gasteiger partial charge in [0.25, 0.3) is 0 Å². The molecular formula is C18H18OS. The molecule has 1 nitrogen and oxygen atoms in total. The Balaban J connectivity index is 2.62. The third-order valence-corrected chi connectivity index (χ3v) is 3.76. The summed E-state index contributed by atoms with van der Waals surface area (Å²) in [5.41, 5.74) is 1.85. The highest BCUT2D eigenvalue weighted by Gasteiger charge is 2.34. The van der Waals surface area contributed by atoms with E-state index in [1.165, 1.54) is 0 Å². The van der Waals surface area contributed by atoms with Crippen LogP contribution in [0.25, 0.3) is 0 Å². The molecule has 2 aromatic rings. The predicted octanol–water partition coefficient (Wildman–Crippen LogP) is 4.40. The molecule has 2 heteroatoms. The molecule has 0 N–H and O–H groups in total.